The molecule has 0 spiro atoms. The summed E-state index contributed by atoms with van der Waals surface area (Å²) in [7, 11) is 0. The summed E-state index contributed by atoms with van der Waals surface area (Å²) in [4.78, 5) is 22.8. The molecule has 3 heterocycles. The van der Waals surface area contributed by atoms with Crippen LogP contribution in [0.4, 0.5) is 19.0 Å². The summed E-state index contributed by atoms with van der Waals surface area (Å²) < 4.78 is 40.0. The van der Waals surface area contributed by atoms with E-state index < -0.39 is 17.9 Å². The lowest BCUT2D eigenvalue weighted by atomic mass is 10.2. The number of carbonyl (C=O) groups is 1. The third kappa shape index (κ3) is 4.87. The molecule has 10 heteroatoms. The van der Waals surface area contributed by atoms with Crippen LogP contribution in [0.3, 0.4) is 0 Å². The van der Waals surface area contributed by atoms with Crippen molar-refractivity contribution in [2.75, 3.05) is 5.32 Å². The fourth-order valence-electron chi connectivity index (χ4n) is 2.34. The van der Waals surface area contributed by atoms with Crippen molar-refractivity contribution in [1.82, 2.24) is 24.7 Å². The number of aryl methyl sites for hydroxylation is 3. The van der Waals surface area contributed by atoms with Crippen LogP contribution in [0.5, 0.6) is 0 Å². The normalized spacial score (nSPS) is 11.4. The molecule has 0 fully saturated rings. The number of pyridine rings is 1. The fourth-order valence-corrected chi connectivity index (χ4v) is 2.34. The Balaban J connectivity index is 1.67. The van der Waals surface area contributed by atoms with Gasteiger partial charge in [-0.05, 0) is 37.1 Å². The van der Waals surface area contributed by atoms with Crippen LogP contribution in [-0.2, 0) is 19.1 Å². The molecule has 1 N–H and O–H groups in total. The van der Waals surface area contributed by atoms with E-state index in [-0.39, 0.29) is 17.2 Å². The van der Waals surface area contributed by atoms with Crippen molar-refractivity contribution in [1.29, 1.82) is 0 Å². The molecule has 27 heavy (non-hydrogen) atoms. The maximum Gasteiger partial charge on any atom is 0.451 e. The number of hydrogen-bond acceptors (Lipinski definition) is 5. The van der Waals surface area contributed by atoms with Crippen LogP contribution in [0.2, 0.25) is 0 Å². The Kier molecular flexibility index (Phi) is 5.15. The molecule has 0 aromatic carbocycles. The van der Waals surface area contributed by atoms with E-state index in [0.717, 1.165) is 12.0 Å². The van der Waals surface area contributed by atoms with Gasteiger partial charge in [0.1, 0.15) is 5.69 Å². The molecule has 140 valence electrons. The van der Waals surface area contributed by atoms with Gasteiger partial charge in [0.05, 0.1) is 0 Å². The molecule has 0 unspecified atom stereocenters. The zero-order valence-electron chi connectivity index (χ0n) is 14.2. The highest BCUT2D eigenvalue weighted by Crippen LogP contribution is 2.26. The van der Waals surface area contributed by atoms with Crippen molar-refractivity contribution in [3.05, 3.63) is 65.6 Å². The monoisotopic (exact) mass is 376 g/mol. The summed E-state index contributed by atoms with van der Waals surface area (Å²) in [6.07, 6.45) is 1.06. The topological polar surface area (TPSA) is 85.6 Å². The number of carbonyl (C=O) groups excluding carboxylic acids is 1. The van der Waals surface area contributed by atoms with Crippen LogP contribution in [0.15, 0.2) is 42.9 Å². The minimum Gasteiger partial charge on any atom is -0.304 e. The van der Waals surface area contributed by atoms with Crippen LogP contribution in [0, 0.1) is 6.92 Å². The van der Waals surface area contributed by atoms with Crippen molar-refractivity contribution >= 4 is 11.7 Å². The molecule has 0 bridgehead atoms. The number of nitrogens with zero attached hydrogens (tertiary/aromatic N) is 5. The Morgan fingerprint density at radius 3 is 2.63 bits per heavy atom. The molecule has 0 atom stereocenters. The molecule has 0 aliphatic heterocycles. The summed E-state index contributed by atoms with van der Waals surface area (Å²) in [5.41, 5.74) is 0.758. The minimum absolute atomic E-state index is 0.0466. The average Bonchev–Trinajstić information content (AvgIpc) is 3.07. The highest BCUT2D eigenvalue weighted by Gasteiger charge is 2.35. The van der Waals surface area contributed by atoms with Crippen LogP contribution >= 0.6 is 0 Å². The Morgan fingerprint density at radius 1 is 1.19 bits per heavy atom. The maximum atomic E-state index is 12.8. The summed E-state index contributed by atoms with van der Waals surface area (Å²) in [6, 6.07) is 6.53. The molecule has 3 rings (SSSR count). The van der Waals surface area contributed by atoms with E-state index in [1.807, 2.05) is 12.1 Å². The summed E-state index contributed by atoms with van der Waals surface area (Å²) in [5, 5.41) is 6.63. The van der Waals surface area contributed by atoms with Gasteiger partial charge in [-0.2, -0.15) is 18.3 Å². The van der Waals surface area contributed by atoms with Gasteiger partial charge < -0.3 is 5.32 Å². The van der Waals surface area contributed by atoms with E-state index in [2.05, 4.69) is 25.4 Å². The van der Waals surface area contributed by atoms with Gasteiger partial charge in [-0.1, -0.05) is 0 Å². The molecule has 3 aromatic heterocycles. The lowest BCUT2D eigenvalue weighted by Gasteiger charge is -2.08. The minimum atomic E-state index is -4.73. The number of halogens is 3. The molecule has 3 aromatic rings. The quantitative estimate of drug-likeness (QED) is 0.740. The van der Waals surface area contributed by atoms with Crippen molar-refractivity contribution in [2.45, 2.75) is 26.1 Å². The van der Waals surface area contributed by atoms with Crippen LogP contribution in [0.25, 0.3) is 0 Å². The fraction of sp³-hybridized carbons (Fsp3) is 0.235. The maximum absolute atomic E-state index is 12.8. The first kappa shape index (κ1) is 18.5. The zero-order valence-corrected chi connectivity index (χ0v) is 14.2. The number of aromatic nitrogens is 5. The van der Waals surface area contributed by atoms with Gasteiger partial charge in [0.2, 0.25) is 5.82 Å². The molecule has 7 nitrogen and oxygen atoms in total. The number of anilines is 1. The SMILES string of the molecule is Cc1cc(C(=O)Nc2ccn(CCc3ccncc3)n2)nc(C(F)(F)F)n1. The van der Waals surface area contributed by atoms with Gasteiger partial charge >= 0.3 is 6.18 Å². The van der Waals surface area contributed by atoms with E-state index in [4.69, 9.17) is 0 Å². The van der Waals surface area contributed by atoms with Gasteiger partial charge in [-0.3, -0.25) is 14.5 Å². The number of hydrogen-bond donors (Lipinski definition) is 1. The molecule has 0 aliphatic carbocycles. The standard InChI is InChI=1S/C17H15F3N6O/c1-11-10-13(23-16(22-11)17(18,19)20)15(27)24-14-5-9-26(25-14)8-4-12-2-6-21-7-3-12/h2-3,5-7,9-10H,4,8H2,1H3,(H,24,25,27). The van der Waals surface area contributed by atoms with E-state index in [1.54, 1.807) is 29.3 Å². The molecular formula is C17H15F3N6O. The first-order valence-electron chi connectivity index (χ1n) is 7.98. The van der Waals surface area contributed by atoms with Gasteiger partial charge in [-0.25, -0.2) is 9.97 Å². The second-order valence-electron chi connectivity index (χ2n) is 5.74. The Bertz CT molecular complexity index is 939. The lowest BCUT2D eigenvalue weighted by molar-refractivity contribution is -0.145. The molecule has 0 aliphatic rings. The van der Waals surface area contributed by atoms with Crippen LogP contribution in [-0.4, -0.2) is 30.6 Å². The van der Waals surface area contributed by atoms with E-state index in [1.165, 1.54) is 13.0 Å². The van der Waals surface area contributed by atoms with Crippen molar-refractivity contribution in [2.24, 2.45) is 0 Å². The number of alkyl halides is 3. The second kappa shape index (κ2) is 7.52. The lowest BCUT2D eigenvalue weighted by Crippen LogP contribution is -2.19. The van der Waals surface area contributed by atoms with Crippen LogP contribution in [0.1, 0.15) is 27.6 Å². The Morgan fingerprint density at radius 2 is 1.93 bits per heavy atom. The predicted molar refractivity (Wildman–Crippen MR) is 89.9 cm³/mol. The first-order chi connectivity index (χ1) is 12.8. The molecule has 1 amide bonds. The van der Waals surface area contributed by atoms with Crippen molar-refractivity contribution < 1.29 is 18.0 Å². The third-order valence-electron chi connectivity index (χ3n) is 3.60. The number of rotatable bonds is 5. The Labute approximate surface area is 152 Å². The summed E-state index contributed by atoms with van der Waals surface area (Å²) in [6.45, 7) is 1.94. The van der Waals surface area contributed by atoms with Crippen molar-refractivity contribution in [3.63, 3.8) is 0 Å². The Hall–Kier alpha value is -3.30. The van der Waals surface area contributed by atoms with Crippen molar-refractivity contribution in [3.8, 4) is 0 Å². The highest BCUT2D eigenvalue weighted by atomic mass is 19.4. The summed E-state index contributed by atoms with van der Waals surface area (Å²) in [5.74, 6) is -1.92. The van der Waals surface area contributed by atoms with E-state index in [0.29, 0.717) is 6.54 Å². The highest BCUT2D eigenvalue weighted by molar-refractivity contribution is 6.02. The first-order valence-corrected chi connectivity index (χ1v) is 7.98. The molecular weight excluding hydrogens is 361 g/mol. The zero-order chi connectivity index (χ0) is 19.4. The van der Waals surface area contributed by atoms with Gasteiger partial charge in [0.25, 0.3) is 5.91 Å². The summed E-state index contributed by atoms with van der Waals surface area (Å²) >= 11 is 0. The predicted octanol–water partition coefficient (Wildman–Crippen LogP) is 2.89. The van der Waals surface area contributed by atoms with E-state index >= 15 is 0 Å². The average molecular weight is 376 g/mol. The molecule has 0 radical (unpaired) electrons. The molecule has 0 saturated heterocycles. The molecule has 0 saturated carbocycles. The number of amides is 1. The van der Waals surface area contributed by atoms with Gasteiger partial charge in [0.15, 0.2) is 5.82 Å². The largest absolute Gasteiger partial charge is 0.451 e. The second-order valence-corrected chi connectivity index (χ2v) is 5.74. The van der Waals surface area contributed by atoms with E-state index in [9.17, 15) is 18.0 Å². The number of nitrogens with one attached hydrogen (secondary N) is 1. The van der Waals surface area contributed by atoms with Gasteiger partial charge in [-0.15, -0.1) is 0 Å². The third-order valence-corrected chi connectivity index (χ3v) is 3.60. The van der Waals surface area contributed by atoms with Crippen LogP contribution < -0.4 is 5.32 Å². The van der Waals surface area contributed by atoms with Gasteiger partial charge in [0, 0.05) is 36.9 Å². The smallest absolute Gasteiger partial charge is 0.304 e.